The van der Waals surface area contributed by atoms with E-state index in [2.05, 4.69) is 35.2 Å². The van der Waals surface area contributed by atoms with Crippen LogP contribution in [-0.4, -0.2) is 32.8 Å². The highest BCUT2D eigenvalue weighted by Crippen LogP contribution is 2.13. The Hall–Kier alpha value is -0.420. The summed E-state index contributed by atoms with van der Waals surface area (Å²) in [4.78, 5) is 0. The third kappa shape index (κ3) is 5.07. The van der Waals surface area contributed by atoms with Crippen LogP contribution in [0.4, 0.5) is 0 Å². The fourth-order valence-electron chi connectivity index (χ4n) is 1.42. The van der Waals surface area contributed by atoms with E-state index in [1.54, 1.807) is 18.4 Å². The largest absolute Gasteiger partial charge is 0.383 e. The molecule has 0 fully saturated rings. The number of hydrogen-bond donors (Lipinski definition) is 2. The molecule has 0 aliphatic heterocycles. The Morgan fingerprint density at radius 1 is 1.44 bits per heavy atom. The minimum Gasteiger partial charge on any atom is -0.383 e. The highest BCUT2D eigenvalue weighted by Gasteiger charge is 2.03. The molecule has 1 unspecified atom stereocenters. The Bertz CT molecular complexity index is 288. The first-order valence-electron chi connectivity index (χ1n) is 5.68. The van der Waals surface area contributed by atoms with E-state index in [1.165, 1.54) is 11.1 Å². The van der Waals surface area contributed by atoms with Crippen LogP contribution in [-0.2, 0) is 11.3 Å². The average molecular weight is 242 g/mol. The molecule has 0 aliphatic carbocycles. The Morgan fingerprint density at radius 3 is 2.88 bits per heavy atom. The maximum atomic E-state index is 4.98. The predicted molar refractivity (Wildman–Crippen MR) is 70.1 cm³/mol. The zero-order chi connectivity index (χ0) is 11.8. The molecule has 0 bridgehead atoms. The Kier molecular flexibility index (Phi) is 6.64. The lowest BCUT2D eigenvalue weighted by Gasteiger charge is -2.14. The summed E-state index contributed by atoms with van der Waals surface area (Å²) >= 11 is 1.77. The molecule has 1 aromatic heterocycles. The van der Waals surface area contributed by atoms with Gasteiger partial charge in [0.15, 0.2) is 0 Å². The molecule has 4 heteroatoms. The average Bonchev–Trinajstić information content (AvgIpc) is 2.67. The molecular formula is C12H22N2OS. The topological polar surface area (TPSA) is 33.3 Å². The quantitative estimate of drug-likeness (QED) is 0.682. The van der Waals surface area contributed by atoms with Crippen LogP contribution in [0, 0.1) is 6.92 Å². The summed E-state index contributed by atoms with van der Waals surface area (Å²) in [5.74, 6) is 0. The van der Waals surface area contributed by atoms with Crippen molar-refractivity contribution >= 4 is 11.3 Å². The van der Waals surface area contributed by atoms with Gasteiger partial charge < -0.3 is 15.4 Å². The molecular weight excluding hydrogens is 220 g/mol. The van der Waals surface area contributed by atoms with Crippen LogP contribution in [0.5, 0.6) is 0 Å². The van der Waals surface area contributed by atoms with Gasteiger partial charge in [-0.05, 0) is 35.7 Å². The number of nitrogens with one attached hydrogen (secondary N) is 2. The Balaban J connectivity index is 2.10. The summed E-state index contributed by atoms with van der Waals surface area (Å²) in [6.07, 6.45) is 0. The van der Waals surface area contributed by atoms with Gasteiger partial charge in [0.25, 0.3) is 0 Å². The second-order valence-electron chi connectivity index (χ2n) is 4.06. The van der Waals surface area contributed by atoms with Gasteiger partial charge in [0, 0.05) is 32.8 Å². The highest BCUT2D eigenvalue weighted by atomic mass is 32.1. The Morgan fingerprint density at radius 2 is 2.25 bits per heavy atom. The van der Waals surface area contributed by atoms with E-state index in [0.717, 1.165) is 26.2 Å². The van der Waals surface area contributed by atoms with Gasteiger partial charge in [0.2, 0.25) is 0 Å². The smallest absolute Gasteiger partial charge is 0.0587 e. The third-order valence-corrected chi connectivity index (χ3v) is 3.45. The molecule has 0 aliphatic rings. The van der Waals surface area contributed by atoms with Gasteiger partial charge in [-0.15, -0.1) is 0 Å². The normalized spacial score (nSPS) is 12.9. The second-order valence-corrected chi connectivity index (χ2v) is 4.80. The summed E-state index contributed by atoms with van der Waals surface area (Å²) < 4.78 is 4.98. The molecule has 0 saturated heterocycles. The third-order valence-electron chi connectivity index (χ3n) is 2.54. The van der Waals surface area contributed by atoms with Gasteiger partial charge in [-0.25, -0.2) is 0 Å². The molecule has 1 aromatic rings. The molecule has 2 N–H and O–H groups in total. The van der Waals surface area contributed by atoms with E-state index in [0.29, 0.717) is 6.04 Å². The van der Waals surface area contributed by atoms with E-state index >= 15 is 0 Å². The minimum atomic E-state index is 0.483. The van der Waals surface area contributed by atoms with E-state index in [4.69, 9.17) is 4.74 Å². The van der Waals surface area contributed by atoms with Crippen molar-refractivity contribution in [1.82, 2.24) is 10.6 Å². The second kappa shape index (κ2) is 7.79. The summed E-state index contributed by atoms with van der Waals surface area (Å²) in [6, 6.07) is 0.483. The monoisotopic (exact) mass is 242 g/mol. The molecule has 1 atom stereocenters. The van der Waals surface area contributed by atoms with Crippen LogP contribution >= 0.6 is 11.3 Å². The fraction of sp³-hybridized carbons (Fsp3) is 0.667. The molecule has 1 heterocycles. The SMILES string of the molecule is COCCNCC(C)NCc1cscc1C. The lowest BCUT2D eigenvalue weighted by molar-refractivity contribution is 0.198. The molecule has 0 radical (unpaired) electrons. The van der Waals surface area contributed by atoms with Crippen LogP contribution in [0.3, 0.4) is 0 Å². The van der Waals surface area contributed by atoms with Crippen LogP contribution in [0.25, 0.3) is 0 Å². The highest BCUT2D eigenvalue weighted by molar-refractivity contribution is 7.08. The predicted octanol–water partition coefficient (Wildman–Crippen LogP) is 1.77. The summed E-state index contributed by atoms with van der Waals surface area (Å²) in [6.45, 7) is 7.99. The van der Waals surface area contributed by atoms with Crippen LogP contribution in [0.15, 0.2) is 10.8 Å². The standard InChI is InChI=1S/C12H22N2OS/c1-10-8-16-9-12(10)7-14-11(2)6-13-4-5-15-3/h8-9,11,13-14H,4-7H2,1-3H3. The lowest BCUT2D eigenvalue weighted by atomic mass is 10.2. The first-order valence-corrected chi connectivity index (χ1v) is 6.63. The van der Waals surface area contributed by atoms with Gasteiger partial charge in [-0.3, -0.25) is 0 Å². The van der Waals surface area contributed by atoms with Gasteiger partial charge in [-0.2, -0.15) is 11.3 Å². The maximum Gasteiger partial charge on any atom is 0.0587 e. The number of methoxy groups -OCH3 is 1. The van der Waals surface area contributed by atoms with Crippen molar-refractivity contribution < 1.29 is 4.74 Å². The molecule has 0 spiro atoms. The fourth-order valence-corrected chi connectivity index (χ4v) is 2.27. The van der Waals surface area contributed by atoms with Crippen molar-refractivity contribution in [3.63, 3.8) is 0 Å². The van der Waals surface area contributed by atoms with Gasteiger partial charge in [-0.1, -0.05) is 0 Å². The zero-order valence-electron chi connectivity index (χ0n) is 10.4. The van der Waals surface area contributed by atoms with Crippen molar-refractivity contribution in [3.05, 3.63) is 21.9 Å². The van der Waals surface area contributed by atoms with E-state index < -0.39 is 0 Å². The first kappa shape index (κ1) is 13.6. The molecule has 0 amide bonds. The van der Waals surface area contributed by atoms with Crippen molar-refractivity contribution in [2.45, 2.75) is 26.4 Å². The van der Waals surface area contributed by atoms with Crippen molar-refractivity contribution in [1.29, 1.82) is 0 Å². The lowest BCUT2D eigenvalue weighted by Crippen LogP contribution is -2.37. The number of ether oxygens (including phenoxy) is 1. The summed E-state index contributed by atoms with van der Waals surface area (Å²) in [5, 5.41) is 11.3. The van der Waals surface area contributed by atoms with Crippen LogP contribution in [0.1, 0.15) is 18.1 Å². The molecule has 16 heavy (non-hydrogen) atoms. The van der Waals surface area contributed by atoms with Crippen LogP contribution < -0.4 is 10.6 Å². The molecule has 0 aromatic carbocycles. The first-order chi connectivity index (χ1) is 7.74. The number of rotatable bonds is 8. The number of thiophene rings is 1. The van der Waals surface area contributed by atoms with E-state index in [1.807, 2.05) is 0 Å². The van der Waals surface area contributed by atoms with Crippen molar-refractivity contribution in [3.8, 4) is 0 Å². The number of hydrogen-bond acceptors (Lipinski definition) is 4. The molecule has 1 rings (SSSR count). The number of aryl methyl sites for hydroxylation is 1. The zero-order valence-corrected chi connectivity index (χ0v) is 11.2. The summed E-state index contributed by atoms with van der Waals surface area (Å²) in [7, 11) is 1.72. The van der Waals surface area contributed by atoms with Gasteiger partial charge in [0.1, 0.15) is 0 Å². The van der Waals surface area contributed by atoms with E-state index in [-0.39, 0.29) is 0 Å². The molecule has 92 valence electrons. The molecule has 3 nitrogen and oxygen atoms in total. The van der Waals surface area contributed by atoms with Crippen molar-refractivity contribution in [2.24, 2.45) is 0 Å². The van der Waals surface area contributed by atoms with Gasteiger partial charge >= 0.3 is 0 Å². The molecule has 0 saturated carbocycles. The van der Waals surface area contributed by atoms with E-state index in [9.17, 15) is 0 Å². The van der Waals surface area contributed by atoms with Crippen LogP contribution in [0.2, 0.25) is 0 Å². The summed E-state index contributed by atoms with van der Waals surface area (Å²) in [5.41, 5.74) is 2.80. The van der Waals surface area contributed by atoms with Gasteiger partial charge in [0.05, 0.1) is 6.61 Å². The van der Waals surface area contributed by atoms with Crippen molar-refractivity contribution in [2.75, 3.05) is 26.8 Å². The minimum absolute atomic E-state index is 0.483. The Labute approximate surface area is 102 Å². The maximum absolute atomic E-state index is 4.98.